The average molecular weight is 275 g/mol. The number of nitrogens with two attached hydrogens (primary N) is 1. The van der Waals surface area contributed by atoms with Gasteiger partial charge in [-0.2, -0.15) is 0 Å². The molecule has 20 heavy (non-hydrogen) atoms. The van der Waals surface area contributed by atoms with Crippen molar-refractivity contribution in [3.8, 4) is 0 Å². The highest BCUT2D eigenvalue weighted by Crippen LogP contribution is 2.27. The lowest BCUT2D eigenvalue weighted by Gasteiger charge is -2.27. The first kappa shape index (κ1) is 16.1. The number of ketones is 1. The summed E-state index contributed by atoms with van der Waals surface area (Å²) in [4.78, 5) is 22.9. The first-order valence-corrected chi connectivity index (χ1v) is 6.40. The van der Waals surface area contributed by atoms with Crippen molar-refractivity contribution in [1.82, 2.24) is 0 Å². The smallest absolute Gasteiger partial charge is 0.331 e. The van der Waals surface area contributed by atoms with E-state index in [1.54, 1.807) is 13.8 Å². The molecule has 0 amide bonds. The Balaban J connectivity index is 2.99. The van der Waals surface area contributed by atoms with Crippen molar-refractivity contribution in [3.05, 3.63) is 42.0 Å². The van der Waals surface area contributed by atoms with E-state index in [0.29, 0.717) is 0 Å². The molecule has 0 spiro atoms. The first-order valence-electron chi connectivity index (χ1n) is 6.40. The molecule has 0 saturated carbocycles. The molecule has 1 aromatic rings. The van der Waals surface area contributed by atoms with Gasteiger partial charge in [-0.3, -0.25) is 4.79 Å². The Morgan fingerprint density at radius 3 is 2.40 bits per heavy atom. The number of Topliss-reactive ketones (excluding diaryl/α,β-unsaturated/α-hetero) is 1. The Hall–Kier alpha value is -1.94. The van der Waals surface area contributed by atoms with E-state index in [1.807, 2.05) is 31.2 Å². The van der Waals surface area contributed by atoms with Crippen LogP contribution in [0.3, 0.4) is 0 Å². The Kier molecular flexibility index (Phi) is 4.84. The summed E-state index contributed by atoms with van der Waals surface area (Å²) in [6.45, 7) is 10.6. The molecule has 0 heterocycles. The summed E-state index contributed by atoms with van der Waals surface area (Å²) < 4.78 is 5.37. The molecule has 2 N–H and O–H groups in total. The molecular weight excluding hydrogens is 254 g/mol. The van der Waals surface area contributed by atoms with Crippen molar-refractivity contribution in [3.63, 3.8) is 0 Å². The molecule has 4 heteroatoms. The zero-order chi connectivity index (χ0) is 15.5. The van der Waals surface area contributed by atoms with Crippen LogP contribution in [0.1, 0.15) is 38.8 Å². The van der Waals surface area contributed by atoms with E-state index >= 15 is 0 Å². The first-order chi connectivity index (χ1) is 9.15. The summed E-state index contributed by atoms with van der Waals surface area (Å²) in [6.07, 6.45) is 0. The second-order valence-electron chi connectivity index (χ2n) is 5.38. The van der Waals surface area contributed by atoms with Crippen LogP contribution in [0.5, 0.6) is 0 Å². The third-order valence-electron chi connectivity index (χ3n) is 3.10. The maximum Gasteiger partial charge on any atom is 0.331 e. The fraction of sp³-hybridized carbons (Fsp3) is 0.375. The van der Waals surface area contributed by atoms with Gasteiger partial charge >= 0.3 is 5.97 Å². The highest BCUT2D eigenvalue weighted by Gasteiger charge is 2.30. The number of rotatable bonds is 5. The highest BCUT2D eigenvalue weighted by molar-refractivity contribution is 6.01. The van der Waals surface area contributed by atoms with Crippen LogP contribution in [0.25, 0.3) is 5.57 Å². The second kappa shape index (κ2) is 6.01. The third-order valence-corrected chi connectivity index (χ3v) is 3.10. The van der Waals surface area contributed by atoms with Gasteiger partial charge < -0.3 is 10.5 Å². The lowest BCUT2D eigenvalue weighted by atomic mass is 9.94. The quantitative estimate of drug-likeness (QED) is 0.662. The van der Waals surface area contributed by atoms with Gasteiger partial charge in [-0.25, -0.2) is 4.79 Å². The fourth-order valence-corrected chi connectivity index (χ4v) is 1.70. The molecule has 0 bridgehead atoms. The topological polar surface area (TPSA) is 69.4 Å². The van der Waals surface area contributed by atoms with Gasteiger partial charge in [0.2, 0.25) is 0 Å². The van der Waals surface area contributed by atoms with Gasteiger partial charge in [0.1, 0.15) is 5.60 Å². The van der Waals surface area contributed by atoms with Gasteiger partial charge in [-0.15, -0.1) is 0 Å². The molecule has 1 atom stereocenters. The molecule has 0 aliphatic carbocycles. The van der Waals surface area contributed by atoms with Crippen LogP contribution in [-0.4, -0.2) is 17.8 Å². The predicted molar refractivity (Wildman–Crippen MR) is 78.9 cm³/mol. The molecule has 0 aliphatic rings. The molecule has 0 saturated heterocycles. The number of esters is 1. The molecule has 1 rings (SSSR count). The minimum Gasteiger partial charge on any atom is -0.453 e. The van der Waals surface area contributed by atoms with Crippen molar-refractivity contribution < 1.29 is 14.3 Å². The molecule has 0 radical (unpaired) electrons. The normalized spacial score (nSPS) is 12.7. The van der Waals surface area contributed by atoms with E-state index in [-0.39, 0.29) is 0 Å². The van der Waals surface area contributed by atoms with Crippen LogP contribution in [-0.2, 0) is 19.9 Å². The summed E-state index contributed by atoms with van der Waals surface area (Å²) in [6, 6.07) is 6.34. The van der Waals surface area contributed by atoms with E-state index in [0.717, 1.165) is 16.7 Å². The fourth-order valence-electron chi connectivity index (χ4n) is 1.70. The van der Waals surface area contributed by atoms with Crippen molar-refractivity contribution in [2.45, 2.75) is 39.3 Å². The van der Waals surface area contributed by atoms with Crippen LogP contribution < -0.4 is 5.73 Å². The van der Waals surface area contributed by atoms with Gasteiger partial charge in [-0.05, 0) is 44.9 Å². The molecule has 0 aliphatic heterocycles. The van der Waals surface area contributed by atoms with Crippen molar-refractivity contribution in [1.29, 1.82) is 0 Å². The monoisotopic (exact) mass is 275 g/mol. The van der Waals surface area contributed by atoms with Crippen molar-refractivity contribution in [2.75, 3.05) is 0 Å². The zero-order valence-electron chi connectivity index (χ0n) is 12.4. The summed E-state index contributed by atoms with van der Waals surface area (Å²) in [7, 11) is 0. The van der Waals surface area contributed by atoms with E-state index in [2.05, 4.69) is 6.58 Å². The van der Waals surface area contributed by atoms with Crippen LogP contribution >= 0.6 is 0 Å². The van der Waals surface area contributed by atoms with E-state index in [1.165, 1.54) is 6.92 Å². The van der Waals surface area contributed by atoms with E-state index in [9.17, 15) is 9.59 Å². The number of ether oxygens (including phenoxy) is 1. The summed E-state index contributed by atoms with van der Waals surface area (Å²) >= 11 is 0. The SMILES string of the molecule is C=C(C)c1cccc(C(C)(C)OC(=O)C(N)C(C)=O)c1. The zero-order valence-corrected chi connectivity index (χ0v) is 12.4. The Labute approximate surface area is 119 Å². The van der Waals surface area contributed by atoms with Crippen molar-refractivity contribution >= 4 is 17.3 Å². The lowest BCUT2D eigenvalue weighted by Crippen LogP contribution is -2.42. The number of hydrogen-bond donors (Lipinski definition) is 1. The number of allylic oxidation sites excluding steroid dienone is 1. The molecule has 1 unspecified atom stereocenters. The lowest BCUT2D eigenvalue weighted by molar-refractivity contribution is -0.160. The van der Waals surface area contributed by atoms with Crippen molar-refractivity contribution in [2.24, 2.45) is 5.73 Å². The minimum atomic E-state index is -1.24. The Bertz CT molecular complexity index is 546. The van der Waals surface area contributed by atoms with Gasteiger partial charge in [0.25, 0.3) is 0 Å². The second-order valence-corrected chi connectivity index (χ2v) is 5.38. The number of carbonyl (C=O) groups excluding carboxylic acids is 2. The molecular formula is C16H21NO3. The summed E-state index contributed by atoms with van der Waals surface area (Å²) in [5.74, 6) is -1.13. The average Bonchev–Trinajstić information content (AvgIpc) is 2.37. The van der Waals surface area contributed by atoms with Gasteiger partial charge in [-0.1, -0.05) is 30.4 Å². The molecule has 0 aromatic heterocycles. The summed E-state index contributed by atoms with van der Waals surface area (Å²) in [5.41, 5.74) is 7.34. The van der Waals surface area contributed by atoms with E-state index < -0.39 is 23.4 Å². The number of carbonyl (C=O) groups is 2. The maximum atomic E-state index is 11.8. The minimum absolute atomic E-state index is 0.415. The molecule has 4 nitrogen and oxygen atoms in total. The van der Waals surface area contributed by atoms with Crippen LogP contribution in [0, 0.1) is 0 Å². The predicted octanol–water partition coefficient (Wildman–Crippen LogP) is 2.41. The largest absolute Gasteiger partial charge is 0.453 e. The van der Waals surface area contributed by atoms with E-state index in [4.69, 9.17) is 10.5 Å². The standard InChI is InChI=1S/C16H21NO3/c1-10(2)12-7-6-8-13(9-12)16(4,5)20-15(19)14(17)11(3)18/h6-9,14H,1,17H2,2-5H3. The van der Waals surface area contributed by atoms with Gasteiger partial charge in [0, 0.05) is 0 Å². The van der Waals surface area contributed by atoms with Crippen LogP contribution in [0.2, 0.25) is 0 Å². The molecule has 1 aromatic carbocycles. The Morgan fingerprint density at radius 2 is 1.90 bits per heavy atom. The third kappa shape index (κ3) is 3.78. The maximum absolute atomic E-state index is 11.8. The van der Waals surface area contributed by atoms with Gasteiger partial charge in [0.15, 0.2) is 11.8 Å². The Morgan fingerprint density at radius 1 is 1.30 bits per heavy atom. The highest BCUT2D eigenvalue weighted by atomic mass is 16.6. The van der Waals surface area contributed by atoms with Crippen LogP contribution in [0.4, 0.5) is 0 Å². The molecule has 0 fully saturated rings. The molecule has 108 valence electrons. The summed E-state index contributed by atoms with van der Waals surface area (Å²) in [5, 5.41) is 0. The number of benzene rings is 1. The van der Waals surface area contributed by atoms with Crippen LogP contribution in [0.15, 0.2) is 30.8 Å². The van der Waals surface area contributed by atoms with Gasteiger partial charge in [0.05, 0.1) is 0 Å². The number of hydrogen-bond acceptors (Lipinski definition) is 4.